The molecule has 2 rings (SSSR count). The van der Waals surface area contributed by atoms with E-state index in [4.69, 9.17) is 5.73 Å². The van der Waals surface area contributed by atoms with Crippen LogP contribution in [0.15, 0.2) is 18.2 Å². The Morgan fingerprint density at radius 1 is 1.43 bits per heavy atom. The predicted molar refractivity (Wildman–Crippen MR) is 78.7 cm³/mol. The molecule has 0 aliphatic carbocycles. The van der Waals surface area contributed by atoms with Gasteiger partial charge in [0.25, 0.3) is 5.91 Å². The number of nitrogens with one attached hydrogen (secondary N) is 1. The number of nitrogen functional groups attached to an aromatic ring is 1. The van der Waals surface area contributed by atoms with Crippen molar-refractivity contribution in [3.8, 4) is 0 Å². The number of nitrogens with zero attached hydrogens (tertiary/aromatic N) is 2. The first-order chi connectivity index (χ1) is 10.1. The van der Waals surface area contributed by atoms with Gasteiger partial charge in [-0.15, -0.1) is 0 Å². The second-order valence-corrected chi connectivity index (χ2v) is 4.68. The smallest absolute Gasteiger partial charge is 0.325 e. The third-order valence-corrected chi connectivity index (χ3v) is 3.12. The number of carbonyl (C=O) groups is 2. The Bertz CT molecular complexity index is 665. The van der Waals surface area contributed by atoms with Crippen LogP contribution < -0.4 is 5.73 Å². The monoisotopic (exact) mass is 290 g/mol. The Morgan fingerprint density at radius 2 is 2.19 bits per heavy atom. The molecule has 7 heteroatoms. The lowest BCUT2D eigenvalue weighted by Gasteiger charge is -2.19. The normalized spacial score (nSPS) is 10.6. The first-order valence-electron chi connectivity index (χ1n) is 6.66. The molecule has 112 valence electrons. The van der Waals surface area contributed by atoms with Gasteiger partial charge in [-0.1, -0.05) is 6.92 Å². The minimum atomic E-state index is -0.462. The number of hydrogen-bond donors (Lipinski definition) is 2. The van der Waals surface area contributed by atoms with Crippen molar-refractivity contribution in [3.05, 3.63) is 23.9 Å². The van der Waals surface area contributed by atoms with Gasteiger partial charge in [-0.2, -0.15) is 5.10 Å². The van der Waals surface area contributed by atoms with Crippen LogP contribution in [-0.2, 0) is 9.53 Å². The van der Waals surface area contributed by atoms with Crippen molar-refractivity contribution in [2.45, 2.75) is 13.3 Å². The molecular formula is C14H18N4O3. The summed E-state index contributed by atoms with van der Waals surface area (Å²) in [5.41, 5.74) is 7.28. The Balaban J connectivity index is 2.34. The van der Waals surface area contributed by atoms with E-state index in [2.05, 4.69) is 14.9 Å². The molecule has 1 heterocycles. The lowest BCUT2D eigenvalue weighted by molar-refractivity contribution is -0.141. The Hall–Kier alpha value is -2.57. The molecular weight excluding hydrogens is 272 g/mol. The van der Waals surface area contributed by atoms with Crippen molar-refractivity contribution in [1.29, 1.82) is 0 Å². The number of nitrogens with two attached hydrogens (primary N) is 1. The number of ether oxygens (including phenoxy) is 1. The zero-order valence-electron chi connectivity index (χ0n) is 12.0. The van der Waals surface area contributed by atoms with Crippen molar-refractivity contribution in [3.63, 3.8) is 0 Å². The number of carbonyl (C=O) groups excluding carboxylic acids is 2. The minimum Gasteiger partial charge on any atom is -0.468 e. The molecule has 0 saturated carbocycles. The fourth-order valence-corrected chi connectivity index (χ4v) is 2.09. The van der Waals surface area contributed by atoms with Gasteiger partial charge in [0.15, 0.2) is 5.69 Å². The Morgan fingerprint density at radius 3 is 2.86 bits per heavy atom. The van der Waals surface area contributed by atoms with Crippen molar-refractivity contribution in [2.24, 2.45) is 0 Å². The third-order valence-electron chi connectivity index (χ3n) is 3.12. The summed E-state index contributed by atoms with van der Waals surface area (Å²) in [4.78, 5) is 25.4. The molecule has 0 aliphatic heterocycles. The summed E-state index contributed by atoms with van der Waals surface area (Å²) in [6.07, 6.45) is 0.729. The van der Waals surface area contributed by atoms with Crippen LogP contribution in [0.2, 0.25) is 0 Å². The zero-order valence-corrected chi connectivity index (χ0v) is 12.0. The van der Waals surface area contributed by atoms with Crippen molar-refractivity contribution >= 4 is 28.5 Å². The number of H-pyrrole nitrogens is 1. The summed E-state index contributed by atoms with van der Waals surface area (Å²) in [7, 11) is 1.29. The fourth-order valence-electron chi connectivity index (χ4n) is 2.09. The van der Waals surface area contributed by atoms with E-state index in [1.54, 1.807) is 18.2 Å². The van der Waals surface area contributed by atoms with Gasteiger partial charge < -0.3 is 15.4 Å². The average molecular weight is 290 g/mol. The van der Waals surface area contributed by atoms with Gasteiger partial charge in [0.1, 0.15) is 6.54 Å². The maximum Gasteiger partial charge on any atom is 0.325 e. The quantitative estimate of drug-likeness (QED) is 0.636. The summed E-state index contributed by atoms with van der Waals surface area (Å²) in [6.45, 7) is 2.28. The molecule has 0 spiro atoms. The van der Waals surface area contributed by atoms with Crippen LogP contribution in [0.25, 0.3) is 10.9 Å². The average Bonchev–Trinajstić information content (AvgIpc) is 2.88. The first-order valence-corrected chi connectivity index (χ1v) is 6.66. The largest absolute Gasteiger partial charge is 0.468 e. The van der Waals surface area contributed by atoms with Gasteiger partial charge >= 0.3 is 5.97 Å². The number of anilines is 1. The number of amides is 1. The summed E-state index contributed by atoms with van der Waals surface area (Å²) in [5.74, 6) is -0.782. The summed E-state index contributed by atoms with van der Waals surface area (Å²) in [5, 5.41) is 7.48. The zero-order chi connectivity index (χ0) is 15.4. The minimum absolute atomic E-state index is 0.0974. The highest BCUT2D eigenvalue weighted by atomic mass is 16.5. The van der Waals surface area contributed by atoms with Crippen molar-refractivity contribution in [2.75, 3.05) is 25.9 Å². The number of esters is 1. The SMILES string of the molecule is CCCN(CC(=O)OC)C(=O)c1n[nH]c2ccc(N)cc12. The molecule has 7 nitrogen and oxygen atoms in total. The maximum atomic E-state index is 12.6. The highest BCUT2D eigenvalue weighted by Gasteiger charge is 2.22. The van der Waals surface area contributed by atoms with Gasteiger partial charge in [0, 0.05) is 17.6 Å². The van der Waals surface area contributed by atoms with Crippen LogP contribution in [0, 0.1) is 0 Å². The number of benzene rings is 1. The van der Waals surface area contributed by atoms with Crippen LogP contribution in [0.5, 0.6) is 0 Å². The lowest BCUT2D eigenvalue weighted by atomic mass is 10.1. The van der Waals surface area contributed by atoms with Gasteiger partial charge in [-0.05, 0) is 24.6 Å². The van der Waals surface area contributed by atoms with Crippen LogP contribution in [-0.4, -0.2) is 47.2 Å². The number of fused-ring (bicyclic) bond motifs is 1. The molecule has 1 aromatic carbocycles. The molecule has 0 saturated heterocycles. The second-order valence-electron chi connectivity index (χ2n) is 4.68. The molecule has 21 heavy (non-hydrogen) atoms. The molecule has 3 N–H and O–H groups in total. The number of methoxy groups -OCH3 is 1. The second kappa shape index (κ2) is 6.25. The molecule has 0 bridgehead atoms. The first kappa shape index (κ1) is 14.8. The van der Waals surface area contributed by atoms with Crippen LogP contribution in [0.1, 0.15) is 23.8 Å². The molecule has 0 aliphatic rings. The lowest BCUT2D eigenvalue weighted by Crippen LogP contribution is -2.37. The number of aromatic nitrogens is 2. The van der Waals surface area contributed by atoms with Crippen molar-refractivity contribution < 1.29 is 14.3 Å². The van der Waals surface area contributed by atoms with Gasteiger partial charge in [0.05, 0.1) is 12.6 Å². The van der Waals surface area contributed by atoms with E-state index in [0.717, 1.165) is 11.9 Å². The fraction of sp³-hybridized carbons (Fsp3) is 0.357. The molecule has 2 aromatic rings. The predicted octanol–water partition coefficient (Wildman–Crippen LogP) is 1.17. The maximum absolute atomic E-state index is 12.6. The highest BCUT2D eigenvalue weighted by Crippen LogP contribution is 2.20. The van der Waals surface area contributed by atoms with E-state index >= 15 is 0 Å². The Kier molecular flexibility index (Phi) is 4.42. The van der Waals surface area contributed by atoms with E-state index in [0.29, 0.717) is 17.6 Å². The molecule has 0 atom stereocenters. The van der Waals surface area contributed by atoms with E-state index in [-0.39, 0.29) is 18.1 Å². The van der Waals surface area contributed by atoms with E-state index < -0.39 is 5.97 Å². The topological polar surface area (TPSA) is 101 Å². The molecule has 0 unspecified atom stereocenters. The van der Waals surface area contributed by atoms with Gasteiger partial charge in [-0.3, -0.25) is 14.7 Å². The molecule has 0 radical (unpaired) electrons. The van der Waals surface area contributed by atoms with Gasteiger partial charge in [0.2, 0.25) is 0 Å². The molecule has 1 aromatic heterocycles. The summed E-state index contributed by atoms with van der Waals surface area (Å²) in [6, 6.07) is 5.18. The number of rotatable bonds is 5. The summed E-state index contributed by atoms with van der Waals surface area (Å²) >= 11 is 0. The number of hydrogen-bond acceptors (Lipinski definition) is 5. The van der Waals surface area contributed by atoms with E-state index in [1.807, 2.05) is 6.92 Å². The van der Waals surface area contributed by atoms with Crippen LogP contribution in [0.4, 0.5) is 5.69 Å². The standard InChI is InChI=1S/C14H18N4O3/c1-3-6-18(8-12(19)21-2)14(20)13-10-7-9(15)4-5-11(10)16-17-13/h4-5,7H,3,6,8,15H2,1-2H3,(H,16,17). The molecule has 0 fully saturated rings. The van der Waals surface area contributed by atoms with E-state index in [9.17, 15) is 9.59 Å². The third kappa shape index (κ3) is 3.13. The van der Waals surface area contributed by atoms with Crippen LogP contribution >= 0.6 is 0 Å². The number of aromatic amines is 1. The van der Waals surface area contributed by atoms with Crippen LogP contribution in [0.3, 0.4) is 0 Å². The summed E-state index contributed by atoms with van der Waals surface area (Å²) < 4.78 is 4.62. The van der Waals surface area contributed by atoms with Gasteiger partial charge in [-0.25, -0.2) is 0 Å². The molecule has 1 amide bonds. The highest BCUT2D eigenvalue weighted by molar-refractivity contribution is 6.06. The van der Waals surface area contributed by atoms with Crippen molar-refractivity contribution in [1.82, 2.24) is 15.1 Å². The van der Waals surface area contributed by atoms with E-state index in [1.165, 1.54) is 12.0 Å². The Labute approximate surface area is 122 Å².